The Balaban J connectivity index is -0.0000000755. The van der Waals surface area contributed by atoms with Gasteiger partial charge in [-0.05, 0) is 0 Å². The number of rotatable bonds is 0. The fraction of sp³-hybridized carbons (Fsp3) is 0.727. The largest absolute Gasteiger partial charge is 0.307 e. The molecule has 1 aliphatic rings. The topological polar surface area (TPSA) is 51.2 Å². The molecule has 0 aromatic heterocycles. The minimum Gasteiger partial charge on any atom is -0.307 e. The first kappa shape index (κ1) is 24.0. The van der Waals surface area contributed by atoms with Gasteiger partial charge in [0.25, 0.3) is 0 Å². The predicted octanol–water partition coefficient (Wildman–Crippen LogP) is 2.56. The maximum absolute atomic E-state index is 8.00. The molecule has 1 fully saturated rings. The molecule has 0 radical (unpaired) electrons. The molecule has 0 unspecified atom stereocenters. The first-order chi connectivity index (χ1) is 7.00. The summed E-state index contributed by atoms with van der Waals surface area (Å²) >= 11 is 0. The van der Waals surface area contributed by atoms with Crippen LogP contribution in [0.3, 0.4) is 0 Å². The van der Waals surface area contributed by atoms with Gasteiger partial charge in [0.15, 0.2) is 0 Å². The summed E-state index contributed by atoms with van der Waals surface area (Å²) < 4.78 is 0. The Labute approximate surface area is 103 Å². The van der Waals surface area contributed by atoms with Crippen LogP contribution in [0, 0.1) is 0 Å². The molecule has 0 aliphatic heterocycles. The monoisotopic (exact) mass is 258 g/mol. The molecule has 0 N–H and O–H groups in total. The van der Waals surface area contributed by atoms with Crippen LogP contribution in [0.15, 0.2) is 0 Å². The van der Waals surface area contributed by atoms with E-state index in [4.69, 9.17) is 14.4 Å². The molecule has 3 nitrogen and oxygen atoms in total. The van der Waals surface area contributed by atoms with Crippen LogP contribution >= 0.6 is 0 Å². The van der Waals surface area contributed by atoms with Gasteiger partial charge in [-0.2, -0.15) is 0 Å². The van der Waals surface area contributed by atoms with Gasteiger partial charge in [-0.25, -0.2) is 0 Å². The van der Waals surface area contributed by atoms with Crippen molar-refractivity contribution in [2.24, 2.45) is 0 Å². The number of carbonyl (C=O) groups is 3. The number of carbonyl (C=O) groups excluding carboxylic acids is 3. The van der Waals surface area contributed by atoms with Crippen molar-refractivity contribution >= 4 is 20.4 Å². The average molecular weight is 258 g/mol. The maximum Gasteiger partial charge on any atom is 0.106 e. The minimum atomic E-state index is 0. The molecule has 0 atom stereocenters. The molecule has 1 aliphatic carbocycles. The Kier molecular flexibility index (Phi) is 59.9. The van der Waals surface area contributed by atoms with Crippen molar-refractivity contribution in [2.45, 2.75) is 51.4 Å². The second kappa shape index (κ2) is 37.5. The van der Waals surface area contributed by atoms with Crippen molar-refractivity contribution in [3.05, 3.63) is 0 Å². The van der Waals surface area contributed by atoms with Crippen molar-refractivity contribution in [1.82, 2.24) is 0 Å². The Morgan fingerprint density at radius 2 is 0.467 bits per heavy atom. The number of hydrogen-bond donors (Lipinski definition) is 0. The number of hydrogen-bond acceptors (Lipinski definition) is 3. The summed E-state index contributed by atoms with van der Waals surface area (Å²) in [7, 11) is 0. The van der Waals surface area contributed by atoms with E-state index in [1.807, 2.05) is 20.4 Å². The van der Waals surface area contributed by atoms with Crippen molar-refractivity contribution in [3.8, 4) is 0 Å². The Morgan fingerprint density at radius 1 is 0.400 bits per heavy atom. The summed E-state index contributed by atoms with van der Waals surface area (Å²) in [6.45, 7) is 6.00. The first-order valence-corrected chi connectivity index (χ1v) is 4.87. The van der Waals surface area contributed by atoms with Crippen LogP contribution in [0.2, 0.25) is 0 Å². The third kappa shape index (κ3) is 31.7. The Morgan fingerprint density at radius 3 is 0.533 bits per heavy atom. The van der Waals surface area contributed by atoms with Gasteiger partial charge in [0.05, 0.1) is 0 Å². The minimum absolute atomic E-state index is 0. The van der Waals surface area contributed by atoms with Gasteiger partial charge < -0.3 is 14.4 Å². The molecule has 0 heterocycles. The van der Waals surface area contributed by atoms with Gasteiger partial charge in [0.2, 0.25) is 0 Å². The van der Waals surface area contributed by atoms with E-state index in [9.17, 15) is 0 Å². The van der Waals surface area contributed by atoms with E-state index in [2.05, 4.69) is 0 Å². The van der Waals surface area contributed by atoms with Crippen molar-refractivity contribution < 1.29 is 31.5 Å². The van der Waals surface area contributed by atoms with Gasteiger partial charge in [0, 0.05) is 17.1 Å². The zero-order chi connectivity index (χ0) is 11.7. The molecule has 4 heteroatoms. The SMILES string of the molecule is C1CCCCCCC1.C=O.C=O.C=O.[Fe]. The molecule has 0 saturated heterocycles. The van der Waals surface area contributed by atoms with E-state index >= 15 is 0 Å². The van der Waals surface area contributed by atoms with Crippen LogP contribution in [0.4, 0.5) is 0 Å². The summed E-state index contributed by atoms with van der Waals surface area (Å²) in [6.07, 6.45) is 12.0. The van der Waals surface area contributed by atoms with Crippen molar-refractivity contribution in [1.29, 1.82) is 0 Å². The standard InChI is InChI=1S/C8H16.3CH2O.Fe/c1-2-4-6-8-7-5-3-1;3*1-2;/h1-8H2;3*1H2;. The fourth-order valence-corrected chi connectivity index (χ4v) is 1.41. The molecular formula is C11H22FeO3. The zero-order valence-electron chi connectivity index (χ0n) is 9.36. The van der Waals surface area contributed by atoms with E-state index in [1.165, 1.54) is 51.4 Å². The van der Waals surface area contributed by atoms with Crippen LogP contribution in [-0.4, -0.2) is 20.4 Å². The van der Waals surface area contributed by atoms with Crippen LogP contribution in [-0.2, 0) is 31.5 Å². The van der Waals surface area contributed by atoms with E-state index < -0.39 is 0 Å². The fourth-order valence-electron chi connectivity index (χ4n) is 1.41. The zero-order valence-corrected chi connectivity index (χ0v) is 10.5. The smallest absolute Gasteiger partial charge is 0.106 e. The second-order valence-electron chi connectivity index (χ2n) is 2.83. The van der Waals surface area contributed by atoms with Gasteiger partial charge in [-0.1, -0.05) is 51.4 Å². The van der Waals surface area contributed by atoms with E-state index in [1.54, 1.807) is 0 Å². The van der Waals surface area contributed by atoms with Crippen molar-refractivity contribution in [2.75, 3.05) is 0 Å². The van der Waals surface area contributed by atoms with Crippen LogP contribution in [0.5, 0.6) is 0 Å². The Bertz CT molecular complexity index is 63.1. The van der Waals surface area contributed by atoms with Crippen LogP contribution < -0.4 is 0 Å². The maximum atomic E-state index is 8.00. The molecule has 0 bridgehead atoms. The summed E-state index contributed by atoms with van der Waals surface area (Å²) in [5.74, 6) is 0. The van der Waals surface area contributed by atoms with E-state index in [-0.39, 0.29) is 17.1 Å². The molecule has 0 amide bonds. The molecule has 0 aromatic carbocycles. The quantitative estimate of drug-likeness (QED) is 0.627. The third-order valence-corrected chi connectivity index (χ3v) is 2.00. The normalized spacial score (nSPS) is 13.6. The van der Waals surface area contributed by atoms with Gasteiger partial charge in [-0.3, -0.25) is 0 Å². The molecule has 0 spiro atoms. The molecule has 1 rings (SSSR count). The van der Waals surface area contributed by atoms with Gasteiger partial charge in [0.1, 0.15) is 20.4 Å². The summed E-state index contributed by atoms with van der Waals surface area (Å²) in [4.78, 5) is 24.0. The van der Waals surface area contributed by atoms with E-state index in [0.29, 0.717) is 0 Å². The summed E-state index contributed by atoms with van der Waals surface area (Å²) in [5, 5.41) is 0. The molecule has 1 saturated carbocycles. The van der Waals surface area contributed by atoms with E-state index in [0.717, 1.165) is 0 Å². The molecule has 15 heavy (non-hydrogen) atoms. The third-order valence-electron chi connectivity index (χ3n) is 2.00. The predicted molar refractivity (Wildman–Crippen MR) is 58.3 cm³/mol. The summed E-state index contributed by atoms with van der Waals surface area (Å²) in [5.41, 5.74) is 0. The molecule has 0 aromatic rings. The van der Waals surface area contributed by atoms with Crippen molar-refractivity contribution in [3.63, 3.8) is 0 Å². The second-order valence-corrected chi connectivity index (χ2v) is 2.83. The molecule has 92 valence electrons. The molecular weight excluding hydrogens is 236 g/mol. The van der Waals surface area contributed by atoms with Crippen LogP contribution in [0.25, 0.3) is 0 Å². The van der Waals surface area contributed by atoms with Gasteiger partial charge >= 0.3 is 0 Å². The average Bonchev–Trinajstić information content (AvgIpc) is 2.26. The summed E-state index contributed by atoms with van der Waals surface area (Å²) in [6, 6.07) is 0. The first-order valence-electron chi connectivity index (χ1n) is 4.87. The Hall–Kier alpha value is -0.471. The van der Waals surface area contributed by atoms with Gasteiger partial charge in [-0.15, -0.1) is 0 Å². The van der Waals surface area contributed by atoms with Crippen LogP contribution in [0.1, 0.15) is 51.4 Å².